The largest absolute Gasteiger partial charge is 0.459 e. The summed E-state index contributed by atoms with van der Waals surface area (Å²) in [7, 11) is 0. The summed E-state index contributed by atoms with van der Waals surface area (Å²) < 4.78 is 7.31. The Labute approximate surface area is 159 Å². The van der Waals surface area contributed by atoms with Gasteiger partial charge in [-0.1, -0.05) is 36.4 Å². The molecule has 0 radical (unpaired) electrons. The lowest BCUT2D eigenvalue weighted by Crippen LogP contribution is -2.12. The van der Waals surface area contributed by atoms with Gasteiger partial charge in [-0.2, -0.15) is 5.26 Å². The average molecular weight is 358 g/mol. The summed E-state index contributed by atoms with van der Waals surface area (Å²) in [6.45, 7) is 7.53. The topological polar surface area (TPSA) is 55.0 Å². The number of fused-ring (bicyclic) bond motifs is 1. The van der Waals surface area contributed by atoms with E-state index in [4.69, 9.17) is 4.74 Å². The molecule has 0 saturated carbocycles. The number of nitrogens with zero attached hydrogens (tertiary/aromatic N) is 2. The van der Waals surface area contributed by atoms with Crippen molar-refractivity contribution in [1.29, 1.82) is 5.26 Å². The first-order valence-corrected chi connectivity index (χ1v) is 8.92. The fourth-order valence-corrected chi connectivity index (χ4v) is 3.28. The molecule has 0 bridgehead atoms. The molecule has 1 aromatic heterocycles. The van der Waals surface area contributed by atoms with Crippen molar-refractivity contribution >= 4 is 22.8 Å². The number of rotatable bonds is 4. The monoisotopic (exact) mass is 358 g/mol. The predicted molar refractivity (Wildman–Crippen MR) is 108 cm³/mol. The van der Waals surface area contributed by atoms with E-state index in [0.717, 1.165) is 33.4 Å². The van der Waals surface area contributed by atoms with Crippen molar-refractivity contribution in [3.63, 3.8) is 0 Å². The summed E-state index contributed by atoms with van der Waals surface area (Å²) in [6.07, 6.45) is 1.34. The maximum absolute atomic E-state index is 12.1. The Morgan fingerprint density at radius 1 is 1.15 bits per heavy atom. The van der Waals surface area contributed by atoms with Crippen molar-refractivity contribution in [2.24, 2.45) is 0 Å². The van der Waals surface area contributed by atoms with E-state index < -0.39 is 5.97 Å². The van der Waals surface area contributed by atoms with Crippen LogP contribution in [0, 0.1) is 25.2 Å². The van der Waals surface area contributed by atoms with Crippen molar-refractivity contribution in [3.8, 4) is 11.8 Å². The third kappa shape index (κ3) is 3.63. The number of carbonyl (C=O) groups is 1. The summed E-state index contributed by atoms with van der Waals surface area (Å²) in [5, 5.41) is 11.7. The third-order valence-electron chi connectivity index (χ3n) is 4.46. The predicted octanol–water partition coefficient (Wildman–Crippen LogP) is 5.11. The summed E-state index contributed by atoms with van der Waals surface area (Å²) in [5.74, 6) is -0.595. The molecular formula is C23H22N2O2. The number of hydrogen-bond donors (Lipinski definition) is 0. The Morgan fingerprint density at radius 3 is 2.56 bits per heavy atom. The first-order valence-electron chi connectivity index (χ1n) is 8.92. The van der Waals surface area contributed by atoms with Gasteiger partial charge in [0.15, 0.2) is 0 Å². The molecule has 0 spiro atoms. The van der Waals surface area contributed by atoms with Gasteiger partial charge in [-0.15, -0.1) is 0 Å². The maximum atomic E-state index is 12.1. The van der Waals surface area contributed by atoms with E-state index >= 15 is 0 Å². The minimum Gasteiger partial charge on any atom is -0.459 e. The van der Waals surface area contributed by atoms with Crippen LogP contribution in [0.1, 0.15) is 30.8 Å². The van der Waals surface area contributed by atoms with Gasteiger partial charge >= 0.3 is 5.97 Å². The van der Waals surface area contributed by atoms with E-state index in [1.54, 1.807) is 19.9 Å². The van der Waals surface area contributed by atoms with Crippen LogP contribution in [0.15, 0.2) is 54.1 Å². The van der Waals surface area contributed by atoms with Gasteiger partial charge in [-0.3, -0.25) is 0 Å². The Balaban J connectivity index is 2.12. The minimum atomic E-state index is -0.595. The number of hydrogen-bond acceptors (Lipinski definition) is 3. The van der Waals surface area contributed by atoms with E-state index in [1.165, 1.54) is 0 Å². The normalized spacial score (nSPS) is 11.6. The lowest BCUT2D eigenvalue weighted by molar-refractivity contribution is -0.142. The quantitative estimate of drug-likeness (QED) is 0.370. The molecule has 136 valence electrons. The van der Waals surface area contributed by atoms with Gasteiger partial charge in [0.2, 0.25) is 0 Å². The van der Waals surface area contributed by atoms with Crippen LogP contribution < -0.4 is 0 Å². The molecule has 0 saturated heterocycles. The molecule has 0 aliphatic heterocycles. The highest BCUT2D eigenvalue weighted by Gasteiger charge is 2.16. The molecule has 4 nitrogen and oxygen atoms in total. The van der Waals surface area contributed by atoms with E-state index in [2.05, 4.69) is 28.8 Å². The van der Waals surface area contributed by atoms with Crippen molar-refractivity contribution in [1.82, 2.24) is 4.57 Å². The Kier molecular flexibility index (Phi) is 5.14. The highest BCUT2D eigenvalue weighted by Crippen LogP contribution is 2.28. The SMILES string of the molecule is Cc1cc(/C=C(/C#N)C(=O)OC(C)C)c(C)n1-c1cccc2ccccc12. The van der Waals surface area contributed by atoms with Crippen molar-refractivity contribution in [3.05, 3.63) is 71.1 Å². The molecular weight excluding hydrogens is 336 g/mol. The second-order valence-electron chi connectivity index (χ2n) is 6.78. The van der Waals surface area contributed by atoms with E-state index in [1.807, 2.05) is 44.2 Å². The molecule has 0 amide bonds. The van der Waals surface area contributed by atoms with Crippen LogP contribution in [-0.2, 0) is 9.53 Å². The minimum absolute atomic E-state index is 0.00173. The molecule has 0 aliphatic carbocycles. The number of carbonyl (C=O) groups excluding carboxylic acids is 1. The summed E-state index contributed by atoms with van der Waals surface area (Å²) in [6, 6.07) is 18.4. The third-order valence-corrected chi connectivity index (χ3v) is 4.46. The Bertz CT molecular complexity index is 1080. The molecule has 2 aromatic carbocycles. The summed E-state index contributed by atoms with van der Waals surface area (Å²) in [5.41, 5.74) is 3.91. The van der Waals surface area contributed by atoms with Gasteiger partial charge in [-0.25, -0.2) is 4.79 Å². The molecule has 3 aromatic rings. The number of benzene rings is 2. The van der Waals surface area contributed by atoms with Gasteiger partial charge in [0.1, 0.15) is 11.6 Å². The number of esters is 1. The van der Waals surface area contributed by atoms with Gasteiger partial charge in [0.05, 0.1) is 11.8 Å². The maximum Gasteiger partial charge on any atom is 0.349 e. The van der Waals surface area contributed by atoms with E-state index in [0.29, 0.717) is 0 Å². The molecule has 1 heterocycles. The van der Waals surface area contributed by atoms with Crippen LogP contribution >= 0.6 is 0 Å². The smallest absolute Gasteiger partial charge is 0.349 e. The van der Waals surface area contributed by atoms with Crippen molar-refractivity contribution in [2.75, 3.05) is 0 Å². The summed E-state index contributed by atoms with van der Waals surface area (Å²) in [4.78, 5) is 12.1. The Hall–Kier alpha value is -3.32. The number of aryl methyl sites for hydroxylation is 1. The molecule has 0 atom stereocenters. The highest BCUT2D eigenvalue weighted by atomic mass is 16.5. The fourth-order valence-electron chi connectivity index (χ4n) is 3.28. The number of nitriles is 1. The molecule has 3 rings (SSSR count). The van der Waals surface area contributed by atoms with E-state index in [9.17, 15) is 10.1 Å². The van der Waals surface area contributed by atoms with Crippen LogP contribution in [0.3, 0.4) is 0 Å². The number of aromatic nitrogens is 1. The van der Waals surface area contributed by atoms with Crippen LogP contribution in [0.2, 0.25) is 0 Å². The summed E-state index contributed by atoms with van der Waals surface area (Å²) >= 11 is 0. The van der Waals surface area contributed by atoms with Crippen molar-refractivity contribution in [2.45, 2.75) is 33.8 Å². The standard InChI is InChI=1S/C23H22N2O2/c1-15(2)27-23(26)20(14-24)13-19-12-16(3)25(17(19)4)22-11-7-9-18-8-5-6-10-21(18)22/h5-13,15H,1-4H3/b20-13-. The van der Waals surface area contributed by atoms with Crippen LogP contribution in [-0.4, -0.2) is 16.6 Å². The van der Waals surface area contributed by atoms with Gasteiger partial charge in [-0.05, 0) is 56.9 Å². The lowest BCUT2D eigenvalue weighted by atomic mass is 10.1. The van der Waals surface area contributed by atoms with Gasteiger partial charge < -0.3 is 9.30 Å². The van der Waals surface area contributed by atoms with Gasteiger partial charge in [0, 0.05) is 16.8 Å². The molecule has 0 fully saturated rings. The fraction of sp³-hybridized carbons (Fsp3) is 0.217. The Morgan fingerprint density at radius 2 is 1.85 bits per heavy atom. The van der Waals surface area contributed by atoms with Crippen molar-refractivity contribution < 1.29 is 9.53 Å². The first kappa shape index (κ1) is 18.5. The second-order valence-corrected chi connectivity index (χ2v) is 6.78. The zero-order chi connectivity index (χ0) is 19.6. The number of ether oxygens (including phenoxy) is 1. The average Bonchev–Trinajstić information content (AvgIpc) is 2.91. The lowest BCUT2D eigenvalue weighted by Gasteiger charge is -2.13. The first-order chi connectivity index (χ1) is 12.9. The highest BCUT2D eigenvalue weighted by molar-refractivity contribution is 5.98. The van der Waals surface area contributed by atoms with Crippen LogP contribution in [0.4, 0.5) is 0 Å². The van der Waals surface area contributed by atoms with E-state index in [-0.39, 0.29) is 11.7 Å². The second kappa shape index (κ2) is 7.51. The zero-order valence-corrected chi connectivity index (χ0v) is 16.0. The molecule has 27 heavy (non-hydrogen) atoms. The molecule has 0 N–H and O–H groups in total. The van der Waals surface area contributed by atoms with Crippen LogP contribution in [0.25, 0.3) is 22.5 Å². The van der Waals surface area contributed by atoms with Crippen LogP contribution in [0.5, 0.6) is 0 Å². The van der Waals surface area contributed by atoms with Gasteiger partial charge in [0.25, 0.3) is 0 Å². The zero-order valence-electron chi connectivity index (χ0n) is 16.0. The molecule has 4 heteroatoms. The molecule has 0 unspecified atom stereocenters. The molecule has 0 aliphatic rings.